The minimum atomic E-state index is 0.0157. The van der Waals surface area contributed by atoms with E-state index in [4.69, 9.17) is 0 Å². The summed E-state index contributed by atoms with van der Waals surface area (Å²) in [6, 6.07) is 13.9. The van der Waals surface area contributed by atoms with E-state index in [9.17, 15) is 4.79 Å². The molecule has 0 saturated carbocycles. The van der Waals surface area contributed by atoms with Crippen LogP contribution in [0.1, 0.15) is 32.6 Å². The van der Waals surface area contributed by atoms with Crippen LogP contribution in [0.5, 0.6) is 0 Å². The van der Waals surface area contributed by atoms with Crippen LogP contribution in [-0.2, 0) is 4.79 Å². The van der Waals surface area contributed by atoms with E-state index < -0.39 is 0 Å². The van der Waals surface area contributed by atoms with Crippen LogP contribution >= 0.6 is 23.5 Å². The van der Waals surface area contributed by atoms with E-state index >= 15 is 0 Å². The predicted molar refractivity (Wildman–Crippen MR) is 126 cm³/mol. The maximum absolute atomic E-state index is 11.5. The molecule has 2 aromatic carbocycles. The van der Waals surface area contributed by atoms with Crippen molar-refractivity contribution in [3.05, 3.63) is 42.5 Å². The maximum atomic E-state index is 11.5. The molecule has 0 saturated heterocycles. The molecule has 1 amide bonds. The molecule has 3 N–H and O–H groups in total. The Labute approximate surface area is 184 Å². The number of aromatic amines is 2. The Morgan fingerprint density at radius 2 is 1.57 bits per heavy atom. The van der Waals surface area contributed by atoms with Gasteiger partial charge in [-0.25, -0.2) is 9.97 Å². The molecule has 0 fully saturated rings. The van der Waals surface area contributed by atoms with Gasteiger partial charge in [-0.2, -0.15) is 0 Å². The lowest BCUT2D eigenvalue weighted by Gasteiger charge is -2.02. The largest absolute Gasteiger partial charge is 0.333 e. The summed E-state index contributed by atoms with van der Waals surface area (Å²) < 4.78 is 0. The molecule has 8 heteroatoms. The number of hydrogen-bond acceptors (Lipinski definition) is 5. The molecule has 156 valence electrons. The lowest BCUT2D eigenvalue weighted by molar-refractivity contribution is -0.115. The van der Waals surface area contributed by atoms with Crippen molar-refractivity contribution >= 4 is 57.2 Å². The van der Waals surface area contributed by atoms with Crippen LogP contribution in [0, 0.1) is 0 Å². The average molecular weight is 440 g/mol. The second-order valence-corrected chi connectivity index (χ2v) is 9.16. The number of aromatic nitrogens is 4. The third-order valence-corrected chi connectivity index (χ3v) is 6.62. The van der Waals surface area contributed by atoms with Gasteiger partial charge in [0.25, 0.3) is 0 Å². The van der Waals surface area contributed by atoms with Crippen molar-refractivity contribution < 1.29 is 4.79 Å². The fraction of sp³-hybridized carbons (Fsp3) is 0.318. The van der Waals surface area contributed by atoms with Crippen LogP contribution in [0.3, 0.4) is 0 Å². The van der Waals surface area contributed by atoms with Gasteiger partial charge in [-0.3, -0.25) is 4.79 Å². The molecular formula is C22H25N5OS2. The highest BCUT2D eigenvalue weighted by molar-refractivity contribution is 7.99. The van der Waals surface area contributed by atoms with Crippen LogP contribution in [0.4, 0.5) is 5.69 Å². The Morgan fingerprint density at radius 1 is 0.900 bits per heavy atom. The van der Waals surface area contributed by atoms with Crippen LogP contribution in [0.2, 0.25) is 0 Å². The van der Waals surface area contributed by atoms with Crippen LogP contribution in [-0.4, -0.2) is 37.3 Å². The molecule has 30 heavy (non-hydrogen) atoms. The number of carbonyl (C=O) groups is 1. The highest BCUT2D eigenvalue weighted by atomic mass is 32.2. The first-order valence-electron chi connectivity index (χ1n) is 10.2. The van der Waals surface area contributed by atoms with Crippen molar-refractivity contribution in [1.82, 2.24) is 19.9 Å². The minimum absolute atomic E-state index is 0.0157. The lowest BCUT2D eigenvalue weighted by atomic mass is 10.2. The van der Waals surface area contributed by atoms with Crippen LogP contribution < -0.4 is 5.32 Å². The zero-order valence-electron chi connectivity index (χ0n) is 16.9. The van der Waals surface area contributed by atoms with E-state index in [0.717, 1.165) is 56.0 Å². The number of anilines is 1. The average Bonchev–Trinajstić information content (AvgIpc) is 3.35. The van der Waals surface area contributed by atoms with E-state index in [-0.39, 0.29) is 5.91 Å². The van der Waals surface area contributed by atoms with E-state index in [2.05, 4.69) is 31.3 Å². The van der Waals surface area contributed by atoms with Gasteiger partial charge < -0.3 is 15.3 Å². The molecule has 0 aliphatic heterocycles. The Bertz CT molecular complexity index is 1100. The van der Waals surface area contributed by atoms with Crippen LogP contribution in [0.25, 0.3) is 22.1 Å². The van der Waals surface area contributed by atoms with Crippen molar-refractivity contribution in [3.63, 3.8) is 0 Å². The molecule has 0 unspecified atom stereocenters. The van der Waals surface area contributed by atoms with Gasteiger partial charge in [-0.1, -0.05) is 49.0 Å². The van der Waals surface area contributed by atoms with Crippen molar-refractivity contribution in [2.24, 2.45) is 0 Å². The normalized spacial score (nSPS) is 11.4. The van der Waals surface area contributed by atoms with Gasteiger partial charge in [0.15, 0.2) is 10.3 Å². The molecule has 2 heterocycles. The van der Waals surface area contributed by atoms with Crippen LogP contribution in [0.15, 0.2) is 52.8 Å². The van der Waals surface area contributed by atoms with Crippen molar-refractivity contribution in [3.8, 4) is 0 Å². The third kappa shape index (κ3) is 5.37. The topological polar surface area (TPSA) is 86.5 Å². The number of carbonyl (C=O) groups excluding carboxylic acids is 1. The molecule has 4 rings (SSSR count). The summed E-state index contributed by atoms with van der Waals surface area (Å²) in [6.45, 7) is 1.84. The molecule has 0 radical (unpaired) electrons. The quantitative estimate of drug-likeness (QED) is 0.213. The molecule has 0 aliphatic carbocycles. The van der Waals surface area contributed by atoms with Gasteiger partial charge in [0.1, 0.15) is 0 Å². The smallest absolute Gasteiger partial charge is 0.224 e. The molecule has 4 aromatic rings. The Morgan fingerprint density at radius 3 is 2.27 bits per heavy atom. The van der Waals surface area contributed by atoms with Crippen molar-refractivity contribution in [2.75, 3.05) is 16.8 Å². The molecule has 2 aromatic heterocycles. The second kappa shape index (κ2) is 10.0. The van der Waals surface area contributed by atoms with E-state index in [1.165, 1.54) is 12.8 Å². The molecule has 0 spiro atoms. The van der Waals surface area contributed by atoms with E-state index in [0.29, 0.717) is 6.42 Å². The molecule has 6 nitrogen and oxygen atoms in total. The van der Waals surface area contributed by atoms with Gasteiger partial charge in [-0.05, 0) is 43.2 Å². The monoisotopic (exact) mass is 439 g/mol. The van der Waals surface area contributed by atoms with Gasteiger partial charge >= 0.3 is 0 Å². The third-order valence-electron chi connectivity index (χ3n) is 4.70. The summed E-state index contributed by atoms with van der Waals surface area (Å²) in [5.74, 6) is 2.12. The van der Waals surface area contributed by atoms with Gasteiger partial charge in [0.2, 0.25) is 5.91 Å². The number of nitrogens with zero attached hydrogens (tertiary/aromatic N) is 2. The van der Waals surface area contributed by atoms with Gasteiger partial charge in [-0.15, -0.1) is 0 Å². The number of para-hydroxylation sites is 2. The first kappa shape index (κ1) is 20.8. The number of imidazole rings is 2. The first-order valence-corrected chi connectivity index (χ1v) is 12.2. The Kier molecular flexibility index (Phi) is 6.96. The SMILES string of the molecule is CCC(=O)Nc1ccc2nc(SCCCCCSc3nc4ccccc4[nH]3)[nH]c2c1. The predicted octanol–water partition coefficient (Wildman–Crippen LogP) is 5.84. The van der Waals surface area contributed by atoms with Gasteiger partial charge in [0.05, 0.1) is 22.1 Å². The highest BCUT2D eigenvalue weighted by Gasteiger charge is 2.06. The van der Waals surface area contributed by atoms with Crippen molar-refractivity contribution in [1.29, 1.82) is 0 Å². The summed E-state index contributed by atoms with van der Waals surface area (Å²) in [7, 11) is 0. The number of rotatable bonds is 10. The summed E-state index contributed by atoms with van der Waals surface area (Å²) in [6.07, 6.45) is 3.98. The van der Waals surface area contributed by atoms with Gasteiger partial charge in [0, 0.05) is 23.6 Å². The number of thioether (sulfide) groups is 2. The lowest BCUT2D eigenvalue weighted by Crippen LogP contribution is -2.09. The zero-order chi connectivity index (χ0) is 20.8. The maximum Gasteiger partial charge on any atom is 0.224 e. The number of hydrogen-bond donors (Lipinski definition) is 3. The highest BCUT2D eigenvalue weighted by Crippen LogP contribution is 2.24. The second-order valence-electron chi connectivity index (χ2n) is 6.99. The summed E-state index contributed by atoms with van der Waals surface area (Å²) in [4.78, 5) is 27.5. The van der Waals surface area contributed by atoms with E-state index in [1.54, 1.807) is 23.5 Å². The standard InChI is InChI=1S/C22H25N5OS2/c1-2-20(28)23-15-10-11-18-19(14-15)27-22(26-18)30-13-7-3-6-12-29-21-24-16-8-4-5-9-17(16)25-21/h4-5,8-11,14H,2-3,6-7,12-13H2,1H3,(H,23,28)(H,24,25)(H,26,27). The molecule has 0 bridgehead atoms. The fourth-order valence-corrected chi connectivity index (χ4v) is 4.87. The minimum Gasteiger partial charge on any atom is -0.333 e. The molecule has 0 atom stereocenters. The Balaban J connectivity index is 1.17. The number of H-pyrrole nitrogens is 2. The number of fused-ring (bicyclic) bond motifs is 2. The molecule has 0 aliphatic rings. The number of nitrogens with one attached hydrogen (secondary N) is 3. The summed E-state index contributed by atoms with van der Waals surface area (Å²) in [5, 5.41) is 4.82. The summed E-state index contributed by atoms with van der Waals surface area (Å²) in [5.41, 5.74) is 4.81. The first-order chi connectivity index (χ1) is 14.7. The number of unbranched alkanes of at least 4 members (excludes halogenated alkanes) is 2. The number of amides is 1. The Hall–Kier alpha value is -2.45. The van der Waals surface area contributed by atoms with E-state index in [1.807, 2.05) is 43.3 Å². The fourth-order valence-electron chi connectivity index (χ4n) is 3.10. The zero-order valence-corrected chi connectivity index (χ0v) is 18.5. The number of benzene rings is 2. The summed E-state index contributed by atoms with van der Waals surface area (Å²) >= 11 is 3.54. The van der Waals surface area contributed by atoms with Crippen molar-refractivity contribution in [2.45, 2.75) is 42.9 Å². The molecular weight excluding hydrogens is 414 g/mol.